The second-order valence-electron chi connectivity index (χ2n) is 6.85. The maximum Gasteiger partial charge on any atom is 0.253 e. The molecule has 0 aromatic carbocycles. The van der Waals surface area contributed by atoms with Gasteiger partial charge in [-0.2, -0.15) is 5.10 Å². The molecule has 1 aromatic heterocycles. The van der Waals surface area contributed by atoms with Gasteiger partial charge < -0.3 is 4.90 Å². The molecule has 3 atom stereocenters. The third kappa shape index (κ3) is 2.14. The lowest BCUT2D eigenvalue weighted by molar-refractivity contribution is -0.153. The van der Waals surface area contributed by atoms with E-state index in [1.165, 1.54) is 0 Å². The summed E-state index contributed by atoms with van der Waals surface area (Å²) in [6.45, 7) is 1.19. The maximum absolute atomic E-state index is 13.9. The molecule has 2 bridgehead atoms. The number of hydrogen-bond acceptors (Lipinski definition) is 2. The van der Waals surface area contributed by atoms with Crippen LogP contribution in [0.3, 0.4) is 0 Å². The molecule has 1 saturated heterocycles. The quantitative estimate of drug-likeness (QED) is 0.836. The minimum absolute atomic E-state index is 0.0434. The van der Waals surface area contributed by atoms with Gasteiger partial charge in [-0.3, -0.25) is 9.48 Å². The Morgan fingerprint density at radius 1 is 1.27 bits per heavy atom. The summed E-state index contributed by atoms with van der Waals surface area (Å²) in [4.78, 5) is 14.3. The number of nitrogens with zero attached hydrogens (tertiary/aromatic N) is 3. The summed E-state index contributed by atoms with van der Waals surface area (Å²) < 4.78 is 29.6. The number of likely N-dealkylation sites (tertiary alicyclic amines) is 1. The van der Waals surface area contributed by atoms with Crippen LogP contribution in [0.1, 0.15) is 31.7 Å². The van der Waals surface area contributed by atoms with Crippen LogP contribution in [0.4, 0.5) is 8.78 Å². The van der Waals surface area contributed by atoms with Crippen molar-refractivity contribution in [3.63, 3.8) is 0 Å². The van der Waals surface area contributed by atoms with Crippen molar-refractivity contribution in [3.05, 3.63) is 17.4 Å². The Morgan fingerprint density at radius 3 is 2.45 bits per heavy atom. The van der Waals surface area contributed by atoms with Crippen molar-refractivity contribution < 1.29 is 13.6 Å². The molecule has 4 nitrogen and oxygen atoms in total. The van der Waals surface area contributed by atoms with Gasteiger partial charge in [0, 0.05) is 37.0 Å². The van der Waals surface area contributed by atoms with Gasteiger partial charge in [-0.1, -0.05) is 11.6 Å². The smallest absolute Gasteiger partial charge is 0.253 e. The van der Waals surface area contributed by atoms with Crippen LogP contribution in [0.15, 0.2) is 12.4 Å². The monoisotopic (exact) mass is 329 g/mol. The van der Waals surface area contributed by atoms with Crippen LogP contribution in [0.25, 0.3) is 0 Å². The van der Waals surface area contributed by atoms with Gasteiger partial charge in [-0.15, -0.1) is 0 Å². The van der Waals surface area contributed by atoms with Crippen molar-refractivity contribution in [3.8, 4) is 0 Å². The summed E-state index contributed by atoms with van der Waals surface area (Å²) in [6.07, 6.45) is 5.14. The molecule has 1 unspecified atom stereocenters. The average Bonchev–Trinajstić information content (AvgIpc) is 2.84. The summed E-state index contributed by atoms with van der Waals surface area (Å²) >= 11 is 5.84. The van der Waals surface area contributed by atoms with Gasteiger partial charge in [0.25, 0.3) is 5.92 Å². The van der Waals surface area contributed by atoms with E-state index in [1.54, 1.807) is 22.0 Å². The molecular formula is C15H18ClF2N3O. The number of alkyl halides is 2. The fourth-order valence-electron chi connectivity index (χ4n) is 4.23. The highest BCUT2D eigenvalue weighted by Crippen LogP contribution is 2.55. The molecule has 2 heterocycles. The highest BCUT2D eigenvalue weighted by Gasteiger charge is 2.57. The first kappa shape index (κ1) is 14.4. The number of rotatable bonds is 2. The van der Waals surface area contributed by atoms with Crippen molar-refractivity contribution >= 4 is 17.5 Å². The lowest BCUT2D eigenvalue weighted by Crippen LogP contribution is -2.54. The largest absolute Gasteiger partial charge is 0.338 e. The van der Waals surface area contributed by atoms with Crippen molar-refractivity contribution in [2.45, 2.75) is 37.6 Å². The van der Waals surface area contributed by atoms with E-state index >= 15 is 0 Å². The molecule has 1 aliphatic heterocycles. The topological polar surface area (TPSA) is 38.1 Å². The molecule has 3 fully saturated rings. The van der Waals surface area contributed by atoms with Gasteiger partial charge in [-0.05, 0) is 25.7 Å². The van der Waals surface area contributed by atoms with Crippen molar-refractivity contribution in [2.24, 2.45) is 17.8 Å². The first-order chi connectivity index (χ1) is 10.4. The summed E-state index contributed by atoms with van der Waals surface area (Å²) in [5.41, 5.74) is 0. The first-order valence-electron chi connectivity index (χ1n) is 7.81. The fourth-order valence-corrected chi connectivity index (χ4v) is 4.37. The fraction of sp³-hybridized carbons (Fsp3) is 0.733. The Balaban J connectivity index is 1.37. The third-order valence-electron chi connectivity index (χ3n) is 5.56. The lowest BCUT2D eigenvalue weighted by atomic mass is 9.77. The van der Waals surface area contributed by atoms with Gasteiger partial charge in [0.15, 0.2) is 0 Å². The number of aromatic nitrogens is 2. The molecule has 1 amide bonds. The third-order valence-corrected chi connectivity index (χ3v) is 5.75. The Morgan fingerprint density at radius 2 is 1.91 bits per heavy atom. The molecule has 1 aromatic rings. The zero-order valence-electron chi connectivity index (χ0n) is 12.1. The molecule has 2 aliphatic carbocycles. The first-order valence-corrected chi connectivity index (χ1v) is 8.19. The molecule has 2 saturated carbocycles. The van der Waals surface area contributed by atoms with Crippen molar-refractivity contribution in [1.29, 1.82) is 0 Å². The van der Waals surface area contributed by atoms with Crippen LogP contribution in [0.2, 0.25) is 5.02 Å². The summed E-state index contributed by atoms with van der Waals surface area (Å²) in [6, 6.07) is 0.151. The van der Waals surface area contributed by atoms with Crippen LogP contribution in [0.5, 0.6) is 0 Å². The Hall–Kier alpha value is -1.17. The highest BCUT2D eigenvalue weighted by atomic mass is 35.5. The van der Waals surface area contributed by atoms with Crippen LogP contribution in [-0.2, 0) is 4.79 Å². The van der Waals surface area contributed by atoms with E-state index in [2.05, 4.69) is 5.10 Å². The number of carbonyl (C=O) groups is 1. The van der Waals surface area contributed by atoms with Gasteiger partial charge >= 0.3 is 0 Å². The van der Waals surface area contributed by atoms with Crippen molar-refractivity contribution in [1.82, 2.24) is 14.7 Å². The van der Waals surface area contributed by atoms with E-state index in [9.17, 15) is 13.6 Å². The lowest BCUT2D eigenvalue weighted by Gasteiger charge is -2.43. The molecular weight excluding hydrogens is 312 g/mol. The van der Waals surface area contributed by atoms with E-state index in [0.717, 1.165) is 0 Å². The molecule has 22 heavy (non-hydrogen) atoms. The number of amides is 1. The SMILES string of the molecule is O=C(C1C[C@H]2CC[C@@H](C1)C2(F)F)N1CC(n2cc(Cl)cn2)C1. The molecule has 4 rings (SSSR count). The van der Waals surface area contributed by atoms with Crippen LogP contribution < -0.4 is 0 Å². The van der Waals surface area contributed by atoms with Gasteiger partial charge in [0.2, 0.25) is 5.91 Å². The van der Waals surface area contributed by atoms with Gasteiger partial charge in [-0.25, -0.2) is 8.78 Å². The number of fused-ring (bicyclic) bond motifs is 2. The molecule has 3 aliphatic rings. The number of hydrogen-bond donors (Lipinski definition) is 0. The van der Waals surface area contributed by atoms with Gasteiger partial charge in [0.05, 0.1) is 17.3 Å². The standard InChI is InChI=1S/C15H18ClF2N3O/c16-12-5-19-21(6-12)13-7-20(8-13)14(22)9-3-10-1-2-11(4-9)15(10,17)18/h5-6,9-11,13H,1-4,7-8H2/t9?,10-,11+. The molecule has 0 spiro atoms. The van der Waals surface area contributed by atoms with E-state index in [0.29, 0.717) is 43.8 Å². The van der Waals surface area contributed by atoms with E-state index in [-0.39, 0.29) is 17.9 Å². The van der Waals surface area contributed by atoms with Crippen molar-refractivity contribution in [2.75, 3.05) is 13.1 Å². The summed E-state index contributed by atoms with van der Waals surface area (Å²) in [5, 5.41) is 4.72. The molecule has 7 heteroatoms. The Labute approximate surface area is 132 Å². The van der Waals surface area contributed by atoms with E-state index < -0.39 is 17.8 Å². The summed E-state index contributed by atoms with van der Waals surface area (Å²) in [5.74, 6) is -3.93. The van der Waals surface area contributed by atoms with Crippen LogP contribution in [-0.4, -0.2) is 39.6 Å². The minimum atomic E-state index is -2.56. The van der Waals surface area contributed by atoms with E-state index in [4.69, 9.17) is 11.6 Å². The zero-order chi connectivity index (χ0) is 15.5. The van der Waals surface area contributed by atoms with Crippen LogP contribution in [0, 0.1) is 17.8 Å². The minimum Gasteiger partial charge on any atom is -0.338 e. The normalized spacial score (nSPS) is 33.8. The number of carbonyl (C=O) groups excluding carboxylic acids is 1. The molecule has 0 radical (unpaired) electrons. The molecule has 0 N–H and O–H groups in total. The number of halogens is 3. The van der Waals surface area contributed by atoms with E-state index in [1.807, 2.05) is 0 Å². The maximum atomic E-state index is 13.9. The second kappa shape index (κ2) is 4.91. The Bertz CT molecular complexity index is 583. The molecule has 120 valence electrons. The predicted molar refractivity (Wildman–Crippen MR) is 76.7 cm³/mol. The summed E-state index contributed by atoms with van der Waals surface area (Å²) in [7, 11) is 0. The highest BCUT2D eigenvalue weighted by molar-refractivity contribution is 6.30. The van der Waals surface area contributed by atoms with Gasteiger partial charge in [0.1, 0.15) is 0 Å². The van der Waals surface area contributed by atoms with Crippen LogP contribution >= 0.6 is 11.6 Å². The predicted octanol–water partition coefficient (Wildman–Crippen LogP) is 2.99. The second-order valence-corrected chi connectivity index (χ2v) is 7.29. The zero-order valence-corrected chi connectivity index (χ0v) is 12.8. The Kier molecular flexibility index (Phi) is 3.22. The average molecular weight is 330 g/mol.